The number of ether oxygens (including phenoxy) is 1. The molecular formula is C23H30N2O2. The van der Waals surface area contributed by atoms with E-state index in [0.29, 0.717) is 18.0 Å². The van der Waals surface area contributed by atoms with Crippen molar-refractivity contribution in [1.29, 1.82) is 0 Å². The van der Waals surface area contributed by atoms with E-state index < -0.39 is 0 Å². The molecule has 144 valence electrons. The summed E-state index contributed by atoms with van der Waals surface area (Å²) in [5.74, 6) is 3.91. The van der Waals surface area contributed by atoms with Gasteiger partial charge in [0.15, 0.2) is 0 Å². The topological polar surface area (TPSA) is 42.4 Å². The Bertz CT molecular complexity index is 684. The summed E-state index contributed by atoms with van der Waals surface area (Å²) in [6.45, 7) is 0. The summed E-state index contributed by atoms with van der Waals surface area (Å²) in [7, 11) is 0. The molecule has 0 N–H and O–H groups in total. The molecule has 2 atom stereocenters. The monoisotopic (exact) mass is 366 g/mol. The average Bonchev–Trinajstić information content (AvgIpc) is 2.91. The first-order valence-corrected chi connectivity index (χ1v) is 11.1. The zero-order valence-electron chi connectivity index (χ0n) is 16.1. The number of pyridine rings is 1. The summed E-state index contributed by atoms with van der Waals surface area (Å²) < 4.78 is 6.21. The van der Waals surface area contributed by atoms with E-state index in [-0.39, 0.29) is 11.5 Å². The highest BCUT2D eigenvalue weighted by Gasteiger charge is 2.58. The van der Waals surface area contributed by atoms with Crippen molar-refractivity contribution in [3.05, 3.63) is 24.5 Å². The van der Waals surface area contributed by atoms with Crippen molar-refractivity contribution in [3.63, 3.8) is 0 Å². The Balaban J connectivity index is 1.20. The van der Waals surface area contributed by atoms with E-state index in [9.17, 15) is 4.79 Å². The van der Waals surface area contributed by atoms with Crippen LogP contribution in [0.15, 0.2) is 24.5 Å². The van der Waals surface area contributed by atoms with E-state index in [1.807, 2.05) is 12.1 Å². The van der Waals surface area contributed by atoms with Gasteiger partial charge in [0, 0.05) is 31.1 Å². The fourth-order valence-electron chi connectivity index (χ4n) is 7.81. The van der Waals surface area contributed by atoms with Gasteiger partial charge in [-0.3, -0.25) is 9.78 Å². The molecule has 4 aliphatic carbocycles. The third kappa shape index (κ3) is 2.62. The molecule has 2 aliphatic heterocycles. The molecule has 2 saturated heterocycles. The van der Waals surface area contributed by atoms with Crippen molar-refractivity contribution < 1.29 is 9.53 Å². The smallest absolute Gasteiger partial charge is 0.229 e. The first-order valence-electron chi connectivity index (χ1n) is 11.1. The molecule has 27 heavy (non-hydrogen) atoms. The second-order valence-electron chi connectivity index (χ2n) is 10.2. The number of hydrogen-bond donors (Lipinski definition) is 0. The highest BCUT2D eigenvalue weighted by Crippen LogP contribution is 2.61. The van der Waals surface area contributed by atoms with Crippen LogP contribution < -0.4 is 4.74 Å². The highest BCUT2D eigenvalue weighted by atomic mass is 16.5. The number of nitrogens with zero attached hydrogens (tertiary/aromatic N) is 2. The fourth-order valence-corrected chi connectivity index (χ4v) is 7.81. The Labute approximate surface area is 161 Å². The van der Waals surface area contributed by atoms with Gasteiger partial charge in [0.1, 0.15) is 11.9 Å². The van der Waals surface area contributed by atoms with Crippen LogP contribution in [0, 0.1) is 23.2 Å². The summed E-state index contributed by atoms with van der Waals surface area (Å²) in [6, 6.07) is 4.70. The summed E-state index contributed by atoms with van der Waals surface area (Å²) in [5, 5.41) is 0. The third-order valence-corrected chi connectivity index (χ3v) is 8.35. The molecule has 1 aromatic heterocycles. The second kappa shape index (κ2) is 5.96. The number of hydrogen-bond acceptors (Lipinski definition) is 3. The zero-order valence-corrected chi connectivity index (χ0v) is 16.1. The van der Waals surface area contributed by atoms with Gasteiger partial charge >= 0.3 is 0 Å². The second-order valence-corrected chi connectivity index (χ2v) is 10.2. The Kier molecular flexibility index (Phi) is 3.61. The Morgan fingerprint density at radius 1 is 1.00 bits per heavy atom. The molecule has 0 radical (unpaired) electrons. The van der Waals surface area contributed by atoms with Gasteiger partial charge in [-0.15, -0.1) is 0 Å². The molecule has 3 heterocycles. The van der Waals surface area contributed by atoms with Gasteiger partial charge in [-0.2, -0.15) is 0 Å². The molecule has 4 saturated carbocycles. The van der Waals surface area contributed by atoms with Gasteiger partial charge in [-0.05, 0) is 81.3 Å². The van der Waals surface area contributed by atoms with Gasteiger partial charge in [0.25, 0.3) is 0 Å². The number of piperidine rings is 1. The molecule has 0 aromatic carbocycles. The third-order valence-electron chi connectivity index (χ3n) is 8.35. The maximum Gasteiger partial charge on any atom is 0.229 e. The van der Waals surface area contributed by atoms with Gasteiger partial charge in [-0.1, -0.05) is 0 Å². The predicted octanol–water partition coefficient (Wildman–Crippen LogP) is 4.20. The highest BCUT2D eigenvalue weighted by molar-refractivity contribution is 5.84. The van der Waals surface area contributed by atoms with Crippen molar-refractivity contribution >= 4 is 5.91 Å². The quantitative estimate of drug-likeness (QED) is 0.805. The van der Waals surface area contributed by atoms with E-state index in [0.717, 1.165) is 49.2 Å². The Hall–Kier alpha value is -1.58. The van der Waals surface area contributed by atoms with Crippen molar-refractivity contribution in [2.75, 3.05) is 0 Å². The maximum absolute atomic E-state index is 13.9. The lowest BCUT2D eigenvalue weighted by Crippen LogP contribution is -2.59. The van der Waals surface area contributed by atoms with E-state index in [2.05, 4.69) is 9.88 Å². The standard InChI is InChI=1S/C23H30N2O2/c26-22(23-11-15-6-16(12-23)8-17(7-15)13-23)25-18-3-4-19(25)10-21(9-18)27-20-2-1-5-24-14-20/h1-2,5,14-19,21H,3-4,6-13H2. The first kappa shape index (κ1) is 16.4. The zero-order chi connectivity index (χ0) is 18.0. The fraction of sp³-hybridized carbons (Fsp3) is 0.739. The van der Waals surface area contributed by atoms with Crippen LogP contribution in [0.4, 0.5) is 0 Å². The molecular weight excluding hydrogens is 336 g/mol. The number of carbonyl (C=O) groups is 1. The number of aromatic nitrogens is 1. The Morgan fingerprint density at radius 3 is 2.19 bits per heavy atom. The molecule has 0 spiro atoms. The SMILES string of the molecule is O=C(N1C2CCC1CC(Oc1cccnc1)C2)C12CC3CC(CC(C3)C1)C2. The van der Waals surface area contributed by atoms with E-state index >= 15 is 0 Å². The lowest BCUT2D eigenvalue weighted by Gasteiger charge is -2.57. The summed E-state index contributed by atoms with van der Waals surface area (Å²) in [6.07, 6.45) is 15.9. The van der Waals surface area contributed by atoms with E-state index in [1.54, 1.807) is 12.4 Å². The number of carbonyl (C=O) groups excluding carboxylic acids is 1. The molecule has 7 rings (SSSR count). The lowest BCUT2D eigenvalue weighted by atomic mass is 9.49. The molecule has 6 aliphatic rings. The van der Waals surface area contributed by atoms with Gasteiger partial charge < -0.3 is 9.64 Å². The van der Waals surface area contributed by atoms with Gasteiger partial charge in [-0.25, -0.2) is 0 Å². The van der Waals surface area contributed by atoms with Crippen molar-refractivity contribution in [2.45, 2.75) is 82.4 Å². The van der Waals surface area contributed by atoms with Crippen LogP contribution in [0.2, 0.25) is 0 Å². The maximum atomic E-state index is 13.9. The van der Waals surface area contributed by atoms with Gasteiger partial charge in [0.05, 0.1) is 11.6 Å². The van der Waals surface area contributed by atoms with Gasteiger partial charge in [0.2, 0.25) is 5.91 Å². The predicted molar refractivity (Wildman–Crippen MR) is 102 cm³/mol. The summed E-state index contributed by atoms with van der Waals surface area (Å²) >= 11 is 0. The molecule has 1 amide bonds. The van der Waals surface area contributed by atoms with E-state index in [4.69, 9.17) is 4.74 Å². The van der Waals surface area contributed by atoms with Crippen molar-refractivity contribution in [1.82, 2.24) is 9.88 Å². The first-order chi connectivity index (χ1) is 13.2. The number of fused-ring (bicyclic) bond motifs is 2. The Morgan fingerprint density at radius 2 is 1.63 bits per heavy atom. The van der Waals surface area contributed by atoms with Crippen LogP contribution in [0.5, 0.6) is 5.75 Å². The van der Waals surface area contributed by atoms with Crippen LogP contribution in [0.25, 0.3) is 0 Å². The molecule has 4 nitrogen and oxygen atoms in total. The minimum atomic E-state index is 0.00658. The van der Waals surface area contributed by atoms with Crippen LogP contribution in [-0.4, -0.2) is 34.0 Å². The molecule has 2 unspecified atom stereocenters. The normalized spacial score (nSPS) is 44.5. The minimum Gasteiger partial charge on any atom is -0.489 e. The minimum absolute atomic E-state index is 0.00658. The largest absolute Gasteiger partial charge is 0.489 e. The van der Waals surface area contributed by atoms with Crippen LogP contribution in [0.1, 0.15) is 64.2 Å². The molecule has 6 fully saturated rings. The molecule has 4 heteroatoms. The number of rotatable bonds is 3. The molecule has 1 aromatic rings. The summed E-state index contributed by atoms with van der Waals surface area (Å²) in [4.78, 5) is 20.4. The summed E-state index contributed by atoms with van der Waals surface area (Å²) in [5.41, 5.74) is 0.00658. The van der Waals surface area contributed by atoms with E-state index in [1.165, 1.54) is 38.5 Å². The molecule has 6 bridgehead atoms. The van der Waals surface area contributed by atoms with Crippen molar-refractivity contribution in [2.24, 2.45) is 23.2 Å². The number of amides is 1. The van der Waals surface area contributed by atoms with Crippen LogP contribution in [-0.2, 0) is 4.79 Å². The van der Waals surface area contributed by atoms with Crippen molar-refractivity contribution in [3.8, 4) is 5.75 Å². The van der Waals surface area contributed by atoms with Crippen LogP contribution in [0.3, 0.4) is 0 Å². The lowest BCUT2D eigenvalue weighted by molar-refractivity contribution is -0.163. The van der Waals surface area contributed by atoms with Crippen LogP contribution >= 0.6 is 0 Å². The average molecular weight is 367 g/mol.